The second-order valence-electron chi connectivity index (χ2n) is 5.80. The van der Waals surface area contributed by atoms with E-state index in [0.29, 0.717) is 5.02 Å². The quantitative estimate of drug-likeness (QED) is 0.634. The number of rotatable bonds is 3. The Morgan fingerprint density at radius 1 is 1.11 bits per heavy atom. The molecule has 0 amide bonds. The van der Waals surface area contributed by atoms with Gasteiger partial charge in [0.1, 0.15) is 23.2 Å². The minimum Gasteiger partial charge on any atom is -0.481 e. The van der Waals surface area contributed by atoms with E-state index < -0.39 is 24.2 Å². The monoisotopic (exact) mass is 440 g/mol. The highest BCUT2D eigenvalue weighted by Gasteiger charge is 2.52. The lowest BCUT2D eigenvalue weighted by Crippen LogP contribution is -2.47. The smallest absolute Gasteiger partial charge is 0.426 e. The normalized spacial score (nSPS) is 19.2. The van der Waals surface area contributed by atoms with E-state index in [1.165, 1.54) is 30.3 Å². The Balaban J connectivity index is 1.95. The summed E-state index contributed by atoms with van der Waals surface area (Å²) in [7, 11) is 0. The largest absolute Gasteiger partial charge is 0.481 e. The number of fused-ring (bicyclic) bond motifs is 1. The molecule has 0 saturated heterocycles. The third-order valence-electron chi connectivity index (χ3n) is 3.93. The third kappa shape index (κ3) is 4.20. The van der Waals surface area contributed by atoms with Gasteiger partial charge in [0.05, 0.1) is 15.1 Å². The van der Waals surface area contributed by atoms with Crippen LogP contribution in [0.5, 0.6) is 17.2 Å². The van der Waals surface area contributed by atoms with Gasteiger partial charge in [-0.15, -0.1) is 0 Å². The molecule has 144 valence electrons. The summed E-state index contributed by atoms with van der Waals surface area (Å²) >= 11 is 17.8. The van der Waals surface area contributed by atoms with Gasteiger partial charge in [-0.05, 0) is 30.2 Å². The van der Waals surface area contributed by atoms with Crippen molar-refractivity contribution in [2.24, 2.45) is 5.92 Å². The highest BCUT2D eigenvalue weighted by molar-refractivity contribution is 6.42. The minimum absolute atomic E-state index is 0.0310. The van der Waals surface area contributed by atoms with E-state index >= 15 is 0 Å². The Bertz CT molecular complexity index is 902. The standard InChI is InChI=1S/C17H10Cl3F3O4/c18-10-2-1-8(5-11(10)19)26-14-6-13-7(4-12(14)20)3-9(16(24)25)15(27-13)17(21,22)23/h1-2,4-6,9,15H,3H2,(H,24,25)/t9-,15+/m1/s1. The first-order valence-corrected chi connectivity index (χ1v) is 8.61. The van der Waals surface area contributed by atoms with E-state index in [-0.39, 0.29) is 39.3 Å². The van der Waals surface area contributed by atoms with Gasteiger partial charge in [-0.25, -0.2) is 0 Å². The third-order valence-corrected chi connectivity index (χ3v) is 4.97. The van der Waals surface area contributed by atoms with Crippen LogP contribution in [0.1, 0.15) is 5.56 Å². The van der Waals surface area contributed by atoms with E-state index in [4.69, 9.17) is 49.4 Å². The molecule has 0 aromatic heterocycles. The fourth-order valence-corrected chi connectivity index (χ4v) is 3.18. The van der Waals surface area contributed by atoms with Crippen LogP contribution in [0.3, 0.4) is 0 Å². The summed E-state index contributed by atoms with van der Waals surface area (Å²) in [6.45, 7) is 0. The number of hydrogen-bond acceptors (Lipinski definition) is 3. The fraction of sp³-hybridized carbons (Fsp3) is 0.235. The SMILES string of the molecule is O=C(O)[C@@H]1Cc2cc(Cl)c(Oc3ccc(Cl)c(Cl)c3)cc2O[C@@H]1C(F)(F)F. The zero-order valence-electron chi connectivity index (χ0n) is 13.2. The average Bonchev–Trinajstić information content (AvgIpc) is 2.57. The lowest BCUT2D eigenvalue weighted by Gasteiger charge is -2.32. The van der Waals surface area contributed by atoms with Crippen molar-refractivity contribution in [2.75, 3.05) is 0 Å². The number of carbonyl (C=O) groups is 1. The Labute approximate surface area is 166 Å². The Morgan fingerprint density at radius 2 is 1.81 bits per heavy atom. The molecular formula is C17H10Cl3F3O4. The van der Waals surface area contributed by atoms with Crippen molar-refractivity contribution in [2.45, 2.75) is 18.7 Å². The van der Waals surface area contributed by atoms with Crippen molar-refractivity contribution < 1.29 is 32.5 Å². The predicted octanol–water partition coefficient (Wildman–Crippen LogP) is 6.01. The number of carboxylic acids is 1. The van der Waals surface area contributed by atoms with E-state index in [0.717, 1.165) is 0 Å². The van der Waals surface area contributed by atoms with Crippen molar-refractivity contribution in [3.05, 3.63) is 51.0 Å². The molecule has 0 bridgehead atoms. The van der Waals surface area contributed by atoms with Gasteiger partial charge >= 0.3 is 12.1 Å². The van der Waals surface area contributed by atoms with Crippen LogP contribution in [0.2, 0.25) is 15.1 Å². The second kappa shape index (κ2) is 7.30. The first-order chi connectivity index (χ1) is 12.6. The summed E-state index contributed by atoms with van der Waals surface area (Å²) in [5.41, 5.74) is 0.245. The van der Waals surface area contributed by atoms with E-state index in [9.17, 15) is 18.0 Å². The van der Waals surface area contributed by atoms with E-state index in [1.54, 1.807) is 0 Å². The molecule has 2 aromatic rings. The summed E-state index contributed by atoms with van der Waals surface area (Å²) < 4.78 is 50.1. The first kappa shape index (κ1) is 19.9. The number of ether oxygens (including phenoxy) is 2. The number of carboxylic acid groups (broad SMARTS) is 1. The lowest BCUT2D eigenvalue weighted by atomic mass is 9.90. The van der Waals surface area contributed by atoms with Crippen LogP contribution < -0.4 is 9.47 Å². The number of benzene rings is 2. The maximum atomic E-state index is 13.2. The zero-order chi connectivity index (χ0) is 19.9. The molecule has 0 radical (unpaired) electrons. The molecule has 4 nitrogen and oxygen atoms in total. The average molecular weight is 442 g/mol. The van der Waals surface area contributed by atoms with Gasteiger partial charge in [0.25, 0.3) is 0 Å². The number of alkyl halides is 3. The predicted molar refractivity (Wildman–Crippen MR) is 93.3 cm³/mol. The van der Waals surface area contributed by atoms with Crippen LogP contribution in [0.4, 0.5) is 13.2 Å². The lowest BCUT2D eigenvalue weighted by molar-refractivity contribution is -0.217. The van der Waals surface area contributed by atoms with Crippen molar-refractivity contribution in [1.82, 2.24) is 0 Å². The van der Waals surface area contributed by atoms with Crippen molar-refractivity contribution >= 4 is 40.8 Å². The highest BCUT2D eigenvalue weighted by atomic mass is 35.5. The summed E-state index contributed by atoms with van der Waals surface area (Å²) in [6.07, 6.45) is -7.69. The zero-order valence-corrected chi connectivity index (χ0v) is 15.5. The van der Waals surface area contributed by atoms with Crippen LogP contribution in [-0.2, 0) is 11.2 Å². The molecule has 1 aliphatic heterocycles. The molecule has 0 fully saturated rings. The molecule has 1 heterocycles. The highest BCUT2D eigenvalue weighted by Crippen LogP contribution is 2.43. The number of halogens is 6. The van der Waals surface area contributed by atoms with Gasteiger partial charge in [0.15, 0.2) is 0 Å². The maximum absolute atomic E-state index is 13.2. The molecular weight excluding hydrogens is 432 g/mol. The van der Waals surface area contributed by atoms with Crippen LogP contribution in [-0.4, -0.2) is 23.4 Å². The summed E-state index contributed by atoms with van der Waals surface area (Å²) in [5.74, 6) is -3.22. The molecule has 27 heavy (non-hydrogen) atoms. The summed E-state index contributed by atoms with van der Waals surface area (Å²) in [6, 6.07) is 6.92. The molecule has 10 heteroatoms. The van der Waals surface area contributed by atoms with E-state index in [2.05, 4.69) is 0 Å². The molecule has 2 atom stereocenters. The van der Waals surface area contributed by atoms with Crippen LogP contribution in [0, 0.1) is 5.92 Å². The Morgan fingerprint density at radius 3 is 2.41 bits per heavy atom. The second-order valence-corrected chi connectivity index (χ2v) is 7.02. The summed E-state index contributed by atoms with van der Waals surface area (Å²) in [5, 5.41) is 9.71. The summed E-state index contributed by atoms with van der Waals surface area (Å²) in [4.78, 5) is 11.2. The molecule has 0 spiro atoms. The Kier molecular flexibility index (Phi) is 5.38. The van der Waals surface area contributed by atoms with Crippen molar-refractivity contribution in [3.63, 3.8) is 0 Å². The molecule has 1 N–H and O–H groups in total. The molecule has 2 aromatic carbocycles. The number of hydrogen-bond donors (Lipinski definition) is 1. The molecule has 1 aliphatic rings. The van der Waals surface area contributed by atoms with Gasteiger partial charge in [0, 0.05) is 12.1 Å². The molecule has 0 saturated carbocycles. The van der Waals surface area contributed by atoms with Crippen LogP contribution >= 0.6 is 34.8 Å². The molecule has 0 unspecified atom stereocenters. The van der Waals surface area contributed by atoms with Gasteiger partial charge in [0.2, 0.25) is 6.10 Å². The fourth-order valence-electron chi connectivity index (χ4n) is 2.67. The maximum Gasteiger partial charge on any atom is 0.426 e. The van der Waals surface area contributed by atoms with Gasteiger partial charge < -0.3 is 14.6 Å². The van der Waals surface area contributed by atoms with Crippen LogP contribution in [0.15, 0.2) is 30.3 Å². The van der Waals surface area contributed by atoms with Gasteiger partial charge in [-0.2, -0.15) is 13.2 Å². The first-order valence-electron chi connectivity index (χ1n) is 7.47. The van der Waals surface area contributed by atoms with Crippen molar-refractivity contribution in [3.8, 4) is 17.2 Å². The van der Waals surface area contributed by atoms with Crippen molar-refractivity contribution in [1.29, 1.82) is 0 Å². The minimum atomic E-state index is -4.84. The van der Waals surface area contributed by atoms with Gasteiger partial charge in [-0.1, -0.05) is 34.8 Å². The molecule has 0 aliphatic carbocycles. The van der Waals surface area contributed by atoms with Gasteiger partial charge in [-0.3, -0.25) is 4.79 Å². The van der Waals surface area contributed by atoms with Crippen LogP contribution in [0.25, 0.3) is 0 Å². The number of aliphatic carboxylic acids is 1. The van der Waals surface area contributed by atoms with E-state index in [1.807, 2.05) is 0 Å². The molecule has 3 rings (SSSR count). The Hall–Kier alpha value is -1.83. The topological polar surface area (TPSA) is 55.8 Å².